The molecule has 5 nitrogen and oxygen atoms in total. The fourth-order valence-electron chi connectivity index (χ4n) is 1.66. The van der Waals surface area contributed by atoms with Crippen LogP contribution in [0.1, 0.15) is 0 Å². The molecule has 1 aliphatic heterocycles. The number of benzene rings is 1. The Balaban J connectivity index is 1.96. The first-order valence-corrected chi connectivity index (χ1v) is 5.90. The van der Waals surface area contributed by atoms with Crippen molar-refractivity contribution in [1.29, 1.82) is 0 Å². The van der Waals surface area contributed by atoms with Gasteiger partial charge in [0, 0.05) is 17.8 Å². The highest BCUT2D eigenvalue weighted by molar-refractivity contribution is 5.89. The zero-order valence-corrected chi connectivity index (χ0v) is 10.3. The molecule has 0 atom stereocenters. The third kappa shape index (κ3) is 3.23. The Morgan fingerprint density at radius 3 is 2.74 bits per heavy atom. The number of hydrogen-bond donors (Lipinski definition) is 1. The Bertz CT molecular complexity index is 473. The van der Waals surface area contributed by atoms with Crippen LogP contribution >= 0.6 is 0 Å². The number of carbonyl (C=O) groups is 1. The quantitative estimate of drug-likeness (QED) is 0.883. The van der Waals surface area contributed by atoms with Gasteiger partial charge in [-0.2, -0.15) is 0 Å². The number of nitrogens with zero attached hydrogens (tertiary/aromatic N) is 1. The van der Waals surface area contributed by atoms with Crippen LogP contribution in [0.5, 0.6) is 5.75 Å². The molecule has 102 valence electrons. The molecule has 0 saturated carbocycles. The summed E-state index contributed by atoms with van der Waals surface area (Å²) >= 11 is 0. The summed E-state index contributed by atoms with van der Waals surface area (Å²) < 4.78 is 22.5. The van der Waals surface area contributed by atoms with Crippen LogP contribution in [-0.2, 0) is 4.74 Å². The molecule has 1 aromatic rings. The van der Waals surface area contributed by atoms with Crippen molar-refractivity contribution in [1.82, 2.24) is 0 Å². The van der Waals surface area contributed by atoms with Crippen molar-refractivity contribution in [2.75, 3.05) is 31.2 Å². The molecule has 2 rings (SSSR count). The summed E-state index contributed by atoms with van der Waals surface area (Å²) in [4.78, 5) is 12.9. The van der Waals surface area contributed by atoms with E-state index >= 15 is 0 Å². The topological polar surface area (TPSA) is 64.8 Å². The minimum atomic E-state index is -0.348. The van der Waals surface area contributed by atoms with Crippen molar-refractivity contribution < 1.29 is 18.7 Å². The van der Waals surface area contributed by atoms with Gasteiger partial charge in [-0.05, 0) is 24.3 Å². The second-order valence-electron chi connectivity index (χ2n) is 4.02. The largest absolute Gasteiger partial charge is 0.489 e. The van der Waals surface area contributed by atoms with Crippen molar-refractivity contribution in [3.63, 3.8) is 0 Å². The first-order chi connectivity index (χ1) is 9.24. The van der Waals surface area contributed by atoms with Crippen LogP contribution in [0, 0.1) is 0 Å². The van der Waals surface area contributed by atoms with Crippen molar-refractivity contribution in [3.05, 3.63) is 36.2 Å². The van der Waals surface area contributed by atoms with Gasteiger partial charge >= 0.3 is 6.09 Å². The maximum Gasteiger partial charge on any atom is 0.414 e. The van der Waals surface area contributed by atoms with E-state index in [1.165, 1.54) is 4.90 Å². The molecule has 1 aromatic carbocycles. The lowest BCUT2D eigenvalue weighted by molar-refractivity contribution is 0.181. The molecule has 1 saturated heterocycles. The summed E-state index contributed by atoms with van der Waals surface area (Å²) in [6, 6.07) is 6.94. The lowest BCUT2D eigenvalue weighted by atomic mass is 10.2. The van der Waals surface area contributed by atoms with Gasteiger partial charge in [0.1, 0.15) is 19.0 Å². The zero-order valence-electron chi connectivity index (χ0n) is 10.3. The summed E-state index contributed by atoms with van der Waals surface area (Å²) in [5, 5.41) is 0. The number of hydrogen-bond acceptors (Lipinski definition) is 4. The van der Waals surface area contributed by atoms with Crippen molar-refractivity contribution in [3.8, 4) is 5.75 Å². The molecule has 6 heteroatoms. The van der Waals surface area contributed by atoms with E-state index < -0.39 is 0 Å². The van der Waals surface area contributed by atoms with E-state index in [9.17, 15) is 9.18 Å². The average molecular weight is 266 g/mol. The molecule has 1 fully saturated rings. The average Bonchev–Trinajstić information content (AvgIpc) is 2.87. The minimum absolute atomic E-state index is 0.109. The highest BCUT2D eigenvalue weighted by Crippen LogP contribution is 2.22. The number of amides is 1. The van der Waals surface area contributed by atoms with Gasteiger partial charge in [-0.15, -0.1) is 0 Å². The summed E-state index contributed by atoms with van der Waals surface area (Å²) in [6.07, 6.45) is 0.105. The van der Waals surface area contributed by atoms with Crippen molar-refractivity contribution in [2.24, 2.45) is 5.73 Å². The molecular formula is C13H15FN2O3. The van der Waals surface area contributed by atoms with Crippen LogP contribution in [0.2, 0.25) is 0 Å². The second-order valence-corrected chi connectivity index (χ2v) is 4.02. The maximum absolute atomic E-state index is 12.3. The maximum atomic E-state index is 12.3. The van der Waals surface area contributed by atoms with Crippen LogP contribution < -0.4 is 15.4 Å². The predicted octanol–water partition coefficient (Wildman–Crippen LogP) is 1.83. The van der Waals surface area contributed by atoms with E-state index in [-0.39, 0.29) is 19.2 Å². The second kappa shape index (κ2) is 6.19. The fraction of sp³-hybridized carbons (Fsp3) is 0.308. The first-order valence-electron chi connectivity index (χ1n) is 5.90. The Kier molecular flexibility index (Phi) is 4.35. The Morgan fingerprint density at radius 1 is 1.47 bits per heavy atom. The van der Waals surface area contributed by atoms with Crippen LogP contribution in [0.3, 0.4) is 0 Å². The minimum Gasteiger partial charge on any atom is -0.489 e. The highest BCUT2D eigenvalue weighted by Gasteiger charge is 2.23. The predicted molar refractivity (Wildman–Crippen MR) is 68.9 cm³/mol. The SMILES string of the molecule is NC/C(=C/F)COc1ccc(N2CCOC2=O)cc1. The number of carbonyl (C=O) groups excluding carboxylic acids is 1. The van der Waals surface area contributed by atoms with Crippen LogP contribution in [-0.4, -0.2) is 32.4 Å². The van der Waals surface area contributed by atoms with E-state index in [4.69, 9.17) is 15.2 Å². The molecule has 2 N–H and O–H groups in total. The molecule has 19 heavy (non-hydrogen) atoms. The molecule has 0 aromatic heterocycles. The van der Waals surface area contributed by atoms with Crippen LogP contribution in [0.4, 0.5) is 14.9 Å². The summed E-state index contributed by atoms with van der Waals surface area (Å²) in [7, 11) is 0. The first kappa shape index (κ1) is 13.4. The molecule has 1 aliphatic rings. The fourth-order valence-corrected chi connectivity index (χ4v) is 1.66. The van der Waals surface area contributed by atoms with Crippen LogP contribution in [0.25, 0.3) is 0 Å². The normalized spacial score (nSPS) is 15.6. The number of nitrogens with two attached hydrogens (primary N) is 1. The smallest absolute Gasteiger partial charge is 0.414 e. The molecule has 0 aliphatic carbocycles. The molecule has 0 spiro atoms. The molecule has 0 unspecified atom stereocenters. The van der Waals surface area contributed by atoms with Gasteiger partial charge in [0.05, 0.1) is 12.9 Å². The van der Waals surface area contributed by atoms with Gasteiger partial charge < -0.3 is 15.2 Å². The Hall–Kier alpha value is -2.08. The van der Waals surface area contributed by atoms with E-state index in [0.717, 1.165) is 5.69 Å². The van der Waals surface area contributed by atoms with Gasteiger partial charge in [-0.3, -0.25) is 4.90 Å². The Labute approximate surface area is 110 Å². The van der Waals surface area contributed by atoms with Crippen molar-refractivity contribution in [2.45, 2.75) is 0 Å². The monoisotopic (exact) mass is 266 g/mol. The number of anilines is 1. The molecule has 0 radical (unpaired) electrons. The summed E-state index contributed by atoms with van der Waals surface area (Å²) in [5.41, 5.74) is 6.45. The molecule has 1 amide bonds. The lowest BCUT2D eigenvalue weighted by Crippen LogP contribution is -2.23. The van der Waals surface area contributed by atoms with E-state index in [1.54, 1.807) is 24.3 Å². The molecule has 1 heterocycles. The van der Waals surface area contributed by atoms with Gasteiger partial charge in [0.2, 0.25) is 0 Å². The van der Waals surface area contributed by atoms with Gasteiger partial charge in [-0.25, -0.2) is 9.18 Å². The number of rotatable bonds is 5. The Morgan fingerprint density at radius 2 is 2.21 bits per heavy atom. The van der Waals surface area contributed by atoms with Gasteiger partial charge in [-0.1, -0.05) is 0 Å². The van der Waals surface area contributed by atoms with E-state index in [1.807, 2.05) is 0 Å². The molecule has 0 bridgehead atoms. The number of ether oxygens (including phenoxy) is 2. The number of cyclic esters (lactones) is 1. The standard InChI is InChI=1S/C13H15FN2O3/c14-7-10(8-15)9-19-12-3-1-11(2-4-12)16-5-6-18-13(16)17/h1-4,7H,5-6,8-9,15H2/b10-7-. The highest BCUT2D eigenvalue weighted by atomic mass is 19.1. The molecular weight excluding hydrogens is 251 g/mol. The van der Waals surface area contributed by atoms with E-state index in [2.05, 4.69) is 0 Å². The third-order valence-corrected chi connectivity index (χ3v) is 2.75. The van der Waals surface area contributed by atoms with Crippen molar-refractivity contribution >= 4 is 11.8 Å². The summed E-state index contributed by atoms with van der Waals surface area (Å²) in [6.45, 7) is 1.17. The van der Waals surface area contributed by atoms with Crippen LogP contribution in [0.15, 0.2) is 36.2 Å². The lowest BCUT2D eigenvalue weighted by Gasteiger charge is -2.13. The number of halogens is 1. The van der Waals surface area contributed by atoms with Gasteiger partial charge in [0.15, 0.2) is 0 Å². The van der Waals surface area contributed by atoms with Gasteiger partial charge in [0.25, 0.3) is 0 Å². The summed E-state index contributed by atoms with van der Waals surface area (Å²) in [5.74, 6) is 0.587. The van der Waals surface area contributed by atoms with E-state index in [0.29, 0.717) is 30.8 Å². The third-order valence-electron chi connectivity index (χ3n) is 2.75. The zero-order chi connectivity index (χ0) is 13.7.